The van der Waals surface area contributed by atoms with Crippen LogP contribution in [0.2, 0.25) is 0 Å². The third-order valence-electron chi connectivity index (χ3n) is 3.64. The molecule has 0 fully saturated rings. The zero-order chi connectivity index (χ0) is 18.9. The number of methoxy groups -OCH3 is 1. The van der Waals surface area contributed by atoms with Crippen LogP contribution >= 0.6 is 0 Å². The fourth-order valence-corrected chi connectivity index (χ4v) is 2.24. The predicted octanol–water partition coefficient (Wildman–Crippen LogP) is 4.11. The number of carbonyl (C=O) groups excluding carboxylic acids is 1. The molecule has 132 valence electrons. The zero-order valence-electron chi connectivity index (χ0n) is 14.8. The number of nitriles is 1. The van der Waals surface area contributed by atoms with Crippen molar-refractivity contribution >= 4 is 17.7 Å². The average molecular weight is 348 g/mol. The number of para-hydroxylation sites is 1. The summed E-state index contributed by atoms with van der Waals surface area (Å²) >= 11 is 0. The van der Waals surface area contributed by atoms with E-state index in [2.05, 4.69) is 11.9 Å². The SMILES string of the molecule is C=CCOc1cc(OC)ccc1/C=C(\C#N)C(=O)Nc1ccccc1C. The summed E-state index contributed by atoms with van der Waals surface area (Å²) in [6.45, 7) is 5.80. The third kappa shape index (κ3) is 4.74. The summed E-state index contributed by atoms with van der Waals surface area (Å²) in [7, 11) is 1.55. The Bertz CT molecular complexity index is 879. The van der Waals surface area contributed by atoms with Crippen LogP contribution in [0.3, 0.4) is 0 Å². The van der Waals surface area contributed by atoms with Crippen molar-refractivity contribution in [1.29, 1.82) is 5.26 Å². The standard InChI is InChI=1S/C21H20N2O3/c1-4-11-26-20-13-18(25-3)10-9-16(20)12-17(14-22)21(24)23-19-8-6-5-7-15(19)2/h4-10,12-13H,1,11H2,2-3H3,(H,23,24)/b17-12+. The first-order valence-corrected chi connectivity index (χ1v) is 7.99. The van der Waals surface area contributed by atoms with Gasteiger partial charge in [0.25, 0.3) is 5.91 Å². The van der Waals surface area contributed by atoms with Gasteiger partial charge in [0.2, 0.25) is 0 Å². The highest BCUT2D eigenvalue weighted by molar-refractivity contribution is 6.10. The molecule has 0 heterocycles. The average Bonchev–Trinajstić information content (AvgIpc) is 2.66. The van der Waals surface area contributed by atoms with Crippen molar-refractivity contribution in [3.05, 3.63) is 71.8 Å². The first-order valence-electron chi connectivity index (χ1n) is 7.99. The molecule has 0 atom stereocenters. The molecular weight excluding hydrogens is 328 g/mol. The Balaban J connectivity index is 2.32. The normalized spacial score (nSPS) is 10.6. The van der Waals surface area contributed by atoms with Gasteiger partial charge in [-0.05, 0) is 36.8 Å². The van der Waals surface area contributed by atoms with Crippen LogP contribution in [-0.4, -0.2) is 19.6 Å². The van der Waals surface area contributed by atoms with E-state index >= 15 is 0 Å². The van der Waals surface area contributed by atoms with Gasteiger partial charge in [0, 0.05) is 17.3 Å². The molecule has 1 N–H and O–H groups in total. The summed E-state index contributed by atoms with van der Waals surface area (Å²) in [6, 6.07) is 14.5. The molecule has 0 aliphatic rings. The number of benzene rings is 2. The van der Waals surface area contributed by atoms with Crippen LogP contribution in [0.4, 0.5) is 5.69 Å². The highest BCUT2D eigenvalue weighted by Crippen LogP contribution is 2.27. The molecule has 26 heavy (non-hydrogen) atoms. The molecule has 0 spiro atoms. The Morgan fingerprint density at radius 3 is 2.73 bits per heavy atom. The zero-order valence-corrected chi connectivity index (χ0v) is 14.8. The van der Waals surface area contributed by atoms with Gasteiger partial charge in [-0.1, -0.05) is 30.9 Å². The van der Waals surface area contributed by atoms with Crippen LogP contribution in [0.15, 0.2) is 60.7 Å². The molecule has 0 saturated heterocycles. The lowest BCUT2D eigenvalue weighted by Crippen LogP contribution is -2.14. The van der Waals surface area contributed by atoms with E-state index in [-0.39, 0.29) is 5.57 Å². The Morgan fingerprint density at radius 2 is 2.08 bits per heavy atom. The van der Waals surface area contributed by atoms with E-state index in [0.717, 1.165) is 5.56 Å². The predicted molar refractivity (Wildman–Crippen MR) is 102 cm³/mol. The Hall–Kier alpha value is -3.52. The Labute approximate surface area is 153 Å². The van der Waals surface area contributed by atoms with Gasteiger partial charge < -0.3 is 14.8 Å². The summed E-state index contributed by atoms with van der Waals surface area (Å²) in [4.78, 5) is 12.5. The molecule has 0 aromatic heterocycles. The highest BCUT2D eigenvalue weighted by atomic mass is 16.5. The summed E-state index contributed by atoms with van der Waals surface area (Å²) in [5, 5.41) is 12.2. The number of aryl methyl sites for hydroxylation is 1. The topological polar surface area (TPSA) is 71.3 Å². The molecule has 2 rings (SSSR count). The maximum Gasteiger partial charge on any atom is 0.266 e. The molecule has 0 aliphatic heterocycles. The molecule has 2 aromatic rings. The van der Waals surface area contributed by atoms with E-state index in [0.29, 0.717) is 29.4 Å². The number of hydrogen-bond donors (Lipinski definition) is 1. The maximum absolute atomic E-state index is 12.5. The number of nitrogens with one attached hydrogen (secondary N) is 1. The van der Waals surface area contributed by atoms with Crippen LogP contribution in [0, 0.1) is 18.3 Å². The first kappa shape index (κ1) is 18.8. The second kappa shape index (κ2) is 9.09. The summed E-state index contributed by atoms with van der Waals surface area (Å²) in [5.74, 6) is 0.636. The fourth-order valence-electron chi connectivity index (χ4n) is 2.24. The number of ether oxygens (including phenoxy) is 2. The Morgan fingerprint density at radius 1 is 1.31 bits per heavy atom. The largest absolute Gasteiger partial charge is 0.497 e. The van der Waals surface area contributed by atoms with Gasteiger partial charge in [0.05, 0.1) is 7.11 Å². The lowest BCUT2D eigenvalue weighted by Gasteiger charge is -2.11. The lowest BCUT2D eigenvalue weighted by molar-refractivity contribution is -0.112. The van der Waals surface area contributed by atoms with Crippen molar-refractivity contribution in [3.8, 4) is 17.6 Å². The van der Waals surface area contributed by atoms with Crippen molar-refractivity contribution in [2.45, 2.75) is 6.92 Å². The van der Waals surface area contributed by atoms with Crippen LogP contribution in [-0.2, 0) is 4.79 Å². The van der Waals surface area contributed by atoms with E-state index in [9.17, 15) is 10.1 Å². The van der Waals surface area contributed by atoms with E-state index in [4.69, 9.17) is 9.47 Å². The minimum Gasteiger partial charge on any atom is -0.497 e. The summed E-state index contributed by atoms with van der Waals surface area (Å²) in [5.41, 5.74) is 2.15. The van der Waals surface area contributed by atoms with Gasteiger partial charge in [0.1, 0.15) is 29.7 Å². The lowest BCUT2D eigenvalue weighted by atomic mass is 10.1. The number of carbonyl (C=O) groups is 1. The van der Waals surface area contributed by atoms with Gasteiger partial charge in [-0.25, -0.2) is 0 Å². The van der Waals surface area contributed by atoms with Crippen molar-refractivity contribution in [3.63, 3.8) is 0 Å². The van der Waals surface area contributed by atoms with Crippen LogP contribution in [0.1, 0.15) is 11.1 Å². The van der Waals surface area contributed by atoms with Crippen LogP contribution < -0.4 is 14.8 Å². The smallest absolute Gasteiger partial charge is 0.266 e. The molecule has 0 aliphatic carbocycles. The maximum atomic E-state index is 12.5. The van der Waals surface area contributed by atoms with Gasteiger partial charge >= 0.3 is 0 Å². The van der Waals surface area contributed by atoms with E-state index in [1.54, 1.807) is 37.5 Å². The fraction of sp³-hybridized carbons (Fsp3) is 0.143. The monoisotopic (exact) mass is 348 g/mol. The first-order chi connectivity index (χ1) is 12.6. The highest BCUT2D eigenvalue weighted by Gasteiger charge is 2.13. The molecule has 0 bridgehead atoms. The minimum absolute atomic E-state index is 0.0260. The van der Waals surface area contributed by atoms with Gasteiger partial charge in [-0.3, -0.25) is 4.79 Å². The third-order valence-corrected chi connectivity index (χ3v) is 3.64. The number of hydrogen-bond acceptors (Lipinski definition) is 4. The molecule has 2 aromatic carbocycles. The van der Waals surface area contributed by atoms with E-state index in [1.165, 1.54) is 6.08 Å². The van der Waals surface area contributed by atoms with Gasteiger partial charge in [-0.2, -0.15) is 5.26 Å². The van der Waals surface area contributed by atoms with Gasteiger partial charge in [-0.15, -0.1) is 0 Å². The molecule has 0 unspecified atom stereocenters. The summed E-state index contributed by atoms with van der Waals surface area (Å²) < 4.78 is 10.8. The number of rotatable bonds is 7. The van der Waals surface area contributed by atoms with Crippen molar-refractivity contribution in [1.82, 2.24) is 0 Å². The Kier molecular flexibility index (Phi) is 6.58. The van der Waals surface area contributed by atoms with E-state index < -0.39 is 5.91 Å². The molecule has 0 saturated carbocycles. The summed E-state index contributed by atoms with van der Waals surface area (Å²) in [6.07, 6.45) is 3.11. The van der Waals surface area contributed by atoms with Crippen molar-refractivity contribution in [2.75, 3.05) is 19.0 Å². The molecular formula is C21H20N2O3. The van der Waals surface area contributed by atoms with Crippen molar-refractivity contribution in [2.24, 2.45) is 0 Å². The van der Waals surface area contributed by atoms with E-state index in [1.807, 2.05) is 31.2 Å². The molecule has 5 nitrogen and oxygen atoms in total. The number of amides is 1. The quantitative estimate of drug-likeness (QED) is 0.464. The molecule has 0 radical (unpaired) electrons. The number of nitrogens with zero attached hydrogens (tertiary/aromatic N) is 1. The second-order valence-electron chi connectivity index (χ2n) is 5.44. The minimum atomic E-state index is -0.479. The van der Waals surface area contributed by atoms with Gasteiger partial charge in [0.15, 0.2) is 0 Å². The second-order valence-corrected chi connectivity index (χ2v) is 5.44. The van der Waals surface area contributed by atoms with Crippen LogP contribution in [0.5, 0.6) is 11.5 Å². The van der Waals surface area contributed by atoms with Crippen LogP contribution in [0.25, 0.3) is 6.08 Å². The number of anilines is 1. The molecule has 5 heteroatoms. The van der Waals surface area contributed by atoms with Crippen molar-refractivity contribution < 1.29 is 14.3 Å². The molecule has 1 amide bonds.